The van der Waals surface area contributed by atoms with E-state index in [2.05, 4.69) is 46.5 Å². The van der Waals surface area contributed by atoms with Gasteiger partial charge in [-0.1, -0.05) is 56.4 Å². The van der Waals surface area contributed by atoms with E-state index in [9.17, 15) is 0 Å². The minimum Gasteiger partial charge on any atom is -0.345 e. The molecule has 3 heteroatoms. The molecule has 2 unspecified atom stereocenters. The Morgan fingerprint density at radius 1 is 1.15 bits per heavy atom. The molecule has 0 aromatic carbocycles. The highest BCUT2D eigenvalue weighted by Gasteiger charge is 2.20. The summed E-state index contributed by atoms with van der Waals surface area (Å²) in [5, 5.41) is 6.05. The van der Waals surface area contributed by atoms with Crippen molar-refractivity contribution in [1.29, 1.82) is 0 Å². The third-order valence-corrected chi connectivity index (χ3v) is 6.85. The van der Waals surface area contributed by atoms with E-state index in [1.165, 1.54) is 74.4 Å². The van der Waals surface area contributed by atoms with E-state index in [4.69, 9.17) is 0 Å². The second-order valence-corrected chi connectivity index (χ2v) is 8.75. The predicted octanol–water partition coefficient (Wildman–Crippen LogP) is 3.83. The molecule has 0 spiro atoms. The highest BCUT2D eigenvalue weighted by Crippen LogP contribution is 2.30. The maximum absolute atomic E-state index is 4.40. The summed E-state index contributed by atoms with van der Waals surface area (Å²) in [4.78, 5) is 7.71. The number of allylic oxidation sites excluding steroid dienone is 3. The van der Waals surface area contributed by atoms with Gasteiger partial charge in [-0.2, -0.15) is 0 Å². The number of fused-ring (bicyclic) bond motifs is 1. The second-order valence-electron chi connectivity index (χ2n) is 8.75. The Morgan fingerprint density at radius 2 is 2.04 bits per heavy atom. The third kappa shape index (κ3) is 4.63. The van der Waals surface area contributed by atoms with Crippen molar-refractivity contribution in [2.75, 3.05) is 13.1 Å². The van der Waals surface area contributed by atoms with Gasteiger partial charge < -0.3 is 10.3 Å². The lowest BCUT2D eigenvalue weighted by atomic mass is 9.82. The standard InChI is InChI=1S/C24H35N3/c1-18-22(13-14-23-24(18)27-17-26-23)21-11-9-20(10-12-21)16-25-15-5-8-19-6-3-2-4-7-19/h9,11-12,14,17,19-20,22,25H,2-8,10,13,15-16H2,1H3,(H,26,27). The lowest BCUT2D eigenvalue weighted by Gasteiger charge is -2.24. The van der Waals surface area contributed by atoms with Crippen LogP contribution in [0.5, 0.6) is 0 Å². The molecule has 27 heavy (non-hydrogen) atoms. The molecule has 2 N–H and O–H groups in total. The van der Waals surface area contributed by atoms with Crippen molar-refractivity contribution >= 4 is 11.6 Å². The first-order valence-corrected chi connectivity index (χ1v) is 11.1. The molecule has 1 saturated carbocycles. The summed E-state index contributed by atoms with van der Waals surface area (Å²) in [5.41, 5.74) is 2.91. The van der Waals surface area contributed by atoms with Crippen molar-refractivity contribution in [3.8, 4) is 0 Å². The first-order valence-electron chi connectivity index (χ1n) is 11.1. The van der Waals surface area contributed by atoms with Gasteiger partial charge in [0.05, 0.1) is 17.0 Å². The van der Waals surface area contributed by atoms with Crippen LogP contribution in [-0.4, -0.2) is 23.1 Å². The van der Waals surface area contributed by atoms with Crippen LogP contribution in [0.15, 0.2) is 30.1 Å². The van der Waals surface area contributed by atoms with Gasteiger partial charge in [-0.15, -0.1) is 0 Å². The van der Waals surface area contributed by atoms with Crippen LogP contribution in [0.3, 0.4) is 0 Å². The third-order valence-electron chi connectivity index (χ3n) is 6.85. The number of aromatic nitrogens is 2. The fourth-order valence-electron chi connectivity index (χ4n) is 5.11. The average molecular weight is 366 g/mol. The Hall–Kier alpha value is -1.61. The van der Waals surface area contributed by atoms with Crippen molar-refractivity contribution in [3.63, 3.8) is 0 Å². The van der Waals surface area contributed by atoms with E-state index >= 15 is 0 Å². The molecule has 1 aromatic heterocycles. The van der Waals surface area contributed by atoms with Crippen LogP contribution < -0.4 is 16.0 Å². The molecule has 0 amide bonds. The molecule has 0 radical (unpaired) electrons. The van der Waals surface area contributed by atoms with E-state index in [1.807, 2.05) is 6.33 Å². The number of imidazole rings is 1. The molecular formula is C24H35N3. The minimum atomic E-state index is 0.513. The van der Waals surface area contributed by atoms with E-state index in [0.717, 1.165) is 24.2 Å². The summed E-state index contributed by atoms with van der Waals surface area (Å²) >= 11 is 0. The predicted molar refractivity (Wildman–Crippen MR) is 114 cm³/mol. The lowest BCUT2D eigenvalue weighted by molar-refractivity contribution is 0.329. The molecule has 1 fully saturated rings. The van der Waals surface area contributed by atoms with Crippen LogP contribution in [0.25, 0.3) is 11.6 Å². The Morgan fingerprint density at radius 3 is 2.85 bits per heavy atom. The summed E-state index contributed by atoms with van der Waals surface area (Å²) in [7, 11) is 0. The van der Waals surface area contributed by atoms with Crippen LogP contribution in [0.4, 0.5) is 0 Å². The van der Waals surface area contributed by atoms with Crippen LogP contribution in [-0.2, 0) is 0 Å². The van der Waals surface area contributed by atoms with Gasteiger partial charge in [0.2, 0.25) is 0 Å². The van der Waals surface area contributed by atoms with Gasteiger partial charge in [-0.3, -0.25) is 0 Å². The molecule has 4 rings (SSSR count). The van der Waals surface area contributed by atoms with Gasteiger partial charge in [-0.25, -0.2) is 4.98 Å². The van der Waals surface area contributed by atoms with Gasteiger partial charge >= 0.3 is 0 Å². The number of aromatic amines is 1. The molecule has 0 bridgehead atoms. The maximum Gasteiger partial charge on any atom is 0.0931 e. The van der Waals surface area contributed by atoms with Gasteiger partial charge in [0.25, 0.3) is 0 Å². The largest absolute Gasteiger partial charge is 0.345 e. The molecule has 3 nitrogen and oxygen atoms in total. The molecule has 2 atom stereocenters. The zero-order valence-corrected chi connectivity index (χ0v) is 16.8. The zero-order valence-electron chi connectivity index (χ0n) is 16.8. The van der Waals surface area contributed by atoms with Gasteiger partial charge in [0.1, 0.15) is 0 Å². The van der Waals surface area contributed by atoms with E-state index in [1.54, 1.807) is 0 Å². The fraction of sp³-hybridized carbons (Fsp3) is 0.625. The van der Waals surface area contributed by atoms with E-state index < -0.39 is 0 Å². The number of nitrogens with one attached hydrogen (secondary N) is 2. The smallest absolute Gasteiger partial charge is 0.0931 e. The van der Waals surface area contributed by atoms with E-state index in [0.29, 0.717) is 11.8 Å². The zero-order chi connectivity index (χ0) is 18.5. The summed E-state index contributed by atoms with van der Waals surface area (Å²) < 4.78 is 0. The number of hydrogen-bond donors (Lipinski definition) is 2. The van der Waals surface area contributed by atoms with Crippen molar-refractivity contribution < 1.29 is 0 Å². The van der Waals surface area contributed by atoms with E-state index in [-0.39, 0.29) is 0 Å². The van der Waals surface area contributed by atoms with Crippen molar-refractivity contribution in [2.24, 2.45) is 17.8 Å². The highest BCUT2D eigenvalue weighted by molar-refractivity contribution is 5.56. The molecule has 1 heterocycles. The Kier molecular flexibility index (Phi) is 6.28. The number of rotatable bonds is 7. The SMILES string of the molecule is CC1=c2[nH]cnc2=CCC1C1=CCC(CNCCCC2CCCCC2)C=C1. The summed E-state index contributed by atoms with van der Waals surface area (Å²) in [6, 6.07) is 0. The first kappa shape index (κ1) is 18.7. The maximum atomic E-state index is 4.40. The number of hydrogen-bond acceptors (Lipinski definition) is 2. The number of H-pyrrole nitrogens is 1. The monoisotopic (exact) mass is 365 g/mol. The molecule has 1 aromatic rings. The molecule has 3 aliphatic rings. The Bertz CT molecular complexity index is 792. The average Bonchev–Trinajstić information content (AvgIpc) is 3.19. The molecule has 0 saturated heterocycles. The highest BCUT2D eigenvalue weighted by atomic mass is 14.9. The van der Waals surface area contributed by atoms with Crippen LogP contribution in [0.1, 0.15) is 64.7 Å². The minimum absolute atomic E-state index is 0.513. The first-order chi connectivity index (χ1) is 13.3. The quantitative estimate of drug-likeness (QED) is 0.721. The van der Waals surface area contributed by atoms with Crippen molar-refractivity contribution in [2.45, 2.75) is 64.7 Å². The Labute approximate surface area is 163 Å². The normalized spacial score (nSPS) is 25.8. The van der Waals surface area contributed by atoms with Gasteiger partial charge in [0, 0.05) is 12.5 Å². The van der Waals surface area contributed by atoms with Gasteiger partial charge in [0.15, 0.2) is 0 Å². The van der Waals surface area contributed by atoms with Crippen LogP contribution >= 0.6 is 0 Å². The number of nitrogens with zero attached hydrogens (tertiary/aromatic N) is 1. The molecule has 3 aliphatic carbocycles. The van der Waals surface area contributed by atoms with Crippen molar-refractivity contribution in [1.82, 2.24) is 15.3 Å². The van der Waals surface area contributed by atoms with Crippen LogP contribution in [0, 0.1) is 17.8 Å². The molecule has 0 aliphatic heterocycles. The van der Waals surface area contributed by atoms with Crippen molar-refractivity contribution in [3.05, 3.63) is 40.8 Å². The van der Waals surface area contributed by atoms with Gasteiger partial charge in [-0.05, 0) is 62.1 Å². The molecule has 146 valence electrons. The summed E-state index contributed by atoms with van der Waals surface area (Å²) in [6.45, 7) is 4.56. The second kappa shape index (κ2) is 9.05. The fourth-order valence-corrected chi connectivity index (χ4v) is 5.11. The topological polar surface area (TPSA) is 40.7 Å². The van der Waals surface area contributed by atoms with Crippen LogP contribution in [0.2, 0.25) is 0 Å². The Balaban J connectivity index is 1.20. The summed E-state index contributed by atoms with van der Waals surface area (Å²) in [6.07, 6.45) is 23.8. The summed E-state index contributed by atoms with van der Waals surface area (Å²) in [5.74, 6) is 2.18. The molecular weight excluding hydrogens is 330 g/mol. The lowest BCUT2D eigenvalue weighted by Crippen LogP contribution is -2.33.